The summed E-state index contributed by atoms with van der Waals surface area (Å²) in [4.78, 5) is 7.57. The van der Waals surface area contributed by atoms with Gasteiger partial charge in [0.15, 0.2) is 0 Å². The molecule has 0 atom stereocenters. The number of hydrogen-bond acceptors (Lipinski definition) is 3. The van der Waals surface area contributed by atoms with Gasteiger partial charge < -0.3 is 9.80 Å². The van der Waals surface area contributed by atoms with Gasteiger partial charge in [-0.05, 0) is 25.1 Å². The number of benzene rings is 1. The van der Waals surface area contributed by atoms with Crippen LogP contribution >= 0.6 is 0 Å². The molecule has 2 aliphatic heterocycles. The first-order valence-electron chi connectivity index (χ1n) is 7.07. The third-order valence-electron chi connectivity index (χ3n) is 4.27. The number of para-hydroxylation sites is 1. The van der Waals surface area contributed by atoms with Gasteiger partial charge in [0.1, 0.15) is 0 Å². The third-order valence-corrected chi connectivity index (χ3v) is 4.27. The normalized spacial score (nSPS) is 21.3. The number of piperazine rings is 1. The molecule has 1 saturated heterocycles. The lowest BCUT2D eigenvalue weighted by Gasteiger charge is -2.33. The Kier molecular flexibility index (Phi) is 3.52. The minimum atomic E-state index is 1.18. The van der Waals surface area contributed by atoms with Gasteiger partial charge in [-0.1, -0.05) is 18.2 Å². The van der Waals surface area contributed by atoms with Crippen molar-refractivity contribution in [3.05, 3.63) is 29.8 Å². The molecule has 0 aromatic heterocycles. The van der Waals surface area contributed by atoms with E-state index in [1.54, 1.807) is 0 Å². The van der Waals surface area contributed by atoms with Crippen molar-refractivity contribution in [3.8, 4) is 0 Å². The minimum absolute atomic E-state index is 1.18. The van der Waals surface area contributed by atoms with Crippen molar-refractivity contribution in [2.45, 2.75) is 6.42 Å². The first kappa shape index (κ1) is 12.0. The van der Waals surface area contributed by atoms with Crippen molar-refractivity contribution in [1.29, 1.82) is 0 Å². The van der Waals surface area contributed by atoms with Gasteiger partial charge in [-0.25, -0.2) is 0 Å². The van der Waals surface area contributed by atoms with Gasteiger partial charge in [-0.2, -0.15) is 0 Å². The van der Waals surface area contributed by atoms with E-state index >= 15 is 0 Å². The quantitative estimate of drug-likeness (QED) is 0.795. The molecule has 0 radical (unpaired) electrons. The van der Waals surface area contributed by atoms with E-state index in [4.69, 9.17) is 0 Å². The van der Waals surface area contributed by atoms with Crippen molar-refractivity contribution >= 4 is 5.69 Å². The molecular formula is C15H23N3. The fourth-order valence-corrected chi connectivity index (χ4v) is 2.97. The molecule has 1 aromatic carbocycles. The predicted octanol–water partition coefficient (Wildman–Crippen LogP) is 1.30. The Bertz CT molecular complexity index is 396. The second kappa shape index (κ2) is 5.29. The molecule has 0 bridgehead atoms. The van der Waals surface area contributed by atoms with E-state index in [1.807, 2.05) is 0 Å². The molecule has 3 nitrogen and oxygen atoms in total. The molecule has 0 aliphatic carbocycles. The standard InChI is InChI=1S/C15H23N3/c1-16-8-10-17(11-9-16)12-13-18-7-6-14-4-2-3-5-15(14)18/h2-5H,6-13H2,1H3. The Morgan fingerprint density at radius 3 is 2.56 bits per heavy atom. The van der Waals surface area contributed by atoms with Gasteiger partial charge in [-0.15, -0.1) is 0 Å². The summed E-state index contributed by atoms with van der Waals surface area (Å²) in [7, 11) is 2.22. The van der Waals surface area contributed by atoms with E-state index in [9.17, 15) is 0 Å². The Hall–Kier alpha value is -1.06. The zero-order valence-electron chi connectivity index (χ0n) is 11.3. The van der Waals surface area contributed by atoms with Crippen LogP contribution in [0.2, 0.25) is 0 Å². The monoisotopic (exact) mass is 245 g/mol. The Morgan fingerprint density at radius 1 is 0.944 bits per heavy atom. The molecular weight excluding hydrogens is 222 g/mol. The molecule has 18 heavy (non-hydrogen) atoms. The minimum Gasteiger partial charge on any atom is -0.370 e. The summed E-state index contributed by atoms with van der Waals surface area (Å²) in [6, 6.07) is 8.85. The van der Waals surface area contributed by atoms with Crippen molar-refractivity contribution in [1.82, 2.24) is 9.80 Å². The Morgan fingerprint density at radius 2 is 1.72 bits per heavy atom. The number of hydrogen-bond donors (Lipinski definition) is 0. The van der Waals surface area contributed by atoms with Crippen LogP contribution < -0.4 is 4.90 Å². The summed E-state index contributed by atoms with van der Waals surface area (Å²) in [5.74, 6) is 0. The Balaban J connectivity index is 1.53. The summed E-state index contributed by atoms with van der Waals surface area (Å²) < 4.78 is 0. The van der Waals surface area contributed by atoms with E-state index in [0.29, 0.717) is 0 Å². The van der Waals surface area contributed by atoms with Gasteiger partial charge in [0, 0.05) is 51.5 Å². The SMILES string of the molecule is CN1CCN(CCN2CCc3ccccc32)CC1. The molecule has 2 heterocycles. The highest BCUT2D eigenvalue weighted by Gasteiger charge is 2.19. The second-order valence-electron chi connectivity index (χ2n) is 5.51. The molecule has 0 unspecified atom stereocenters. The molecule has 2 aliphatic rings. The van der Waals surface area contributed by atoms with Gasteiger partial charge >= 0.3 is 0 Å². The molecule has 1 aromatic rings. The third kappa shape index (κ3) is 2.52. The highest BCUT2D eigenvalue weighted by atomic mass is 15.3. The van der Waals surface area contributed by atoms with E-state index in [-0.39, 0.29) is 0 Å². The van der Waals surface area contributed by atoms with Crippen LogP contribution in [-0.2, 0) is 6.42 Å². The summed E-state index contributed by atoms with van der Waals surface area (Å²) in [6.07, 6.45) is 1.22. The number of rotatable bonds is 3. The van der Waals surface area contributed by atoms with Crippen LogP contribution in [0.1, 0.15) is 5.56 Å². The van der Waals surface area contributed by atoms with Gasteiger partial charge in [0.25, 0.3) is 0 Å². The number of anilines is 1. The van der Waals surface area contributed by atoms with Crippen LogP contribution in [0.3, 0.4) is 0 Å². The molecule has 0 spiro atoms. The van der Waals surface area contributed by atoms with Crippen molar-refractivity contribution in [2.75, 3.05) is 57.8 Å². The molecule has 1 fully saturated rings. The summed E-state index contributed by atoms with van der Waals surface area (Å²) in [5.41, 5.74) is 2.99. The second-order valence-corrected chi connectivity index (χ2v) is 5.51. The first-order valence-corrected chi connectivity index (χ1v) is 7.07. The molecule has 0 saturated carbocycles. The lowest BCUT2D eigenvalue weighted by atomic mass is 10.2. The zero-order valence-corrected chi connectivity index (χ0v) is 11.3. The highest BCUT2D eigenvalue weighted by Crippen LogP contribution is 2.26. The molecule has 3 rings (SSSR count). The smallest absolute Gasteiger partial charge is 0.0399 e. The van der Waals surface area contributed by atoms with E-state index in [0.717, 1.165) is 0 Å². The number of fused-ring (bicyclic) bond motifs is 1. The maximum absolute atomic E-state index is 2.60. The topological polar surface area (TPSA) is 9.72 Å². The average molecular weight is 245 g/mol. The zero-order chi connectivity index (χ0) is 12.4. The molecule has 0 amide bonds. The molecule has 3 heteroatoms. The maximum Gasteiger partial charge on any atom is 0.0399 e. The van der Waals surface area contributed by atoms with Crippen LogP contribution in [0.25, 0.3) is 0 Å². The fourth-order valence-electron chi connectivity index (χ4n) is 2.97. The van der Waals surface area contributed by atoms with Crippen molar-refractivity contribution in [3.63, 3.8) is 0 Å². The molecule has 98 valence electrons. The van der Waals surface area contributed by atoms with Crippen LogP contribution in [0, 0.1) is 0 Å². The van der Waals surface area contributed by atoms with Gasteiger partial charge in [0.2, 0.25) is 0 Å². The van der Waals surface area contributed by atoms with Crippen molar-refractivity contribution < 1.29 is 0 Å². The van der Waals surface area contributed by atoms with Crippen LogP contribution in [-0.4, -0.2) is 62.7 Å². The summed E-state index contributed by atoms with van der Waals surface area (Å²) in [5, 5.41) is 0. The van der Waals surface area contributed by atoms with Crippen molar-refractivity contribution in [2.24, 2.45) is 0 Å². The summed E-state index contributed by atoms with van der Waals surface area (Å²) in [6.45, 7) is 8.49. The van der Waals surface area contributed by atoms with Gasteiger partial charge in [-0.3, -0.25) is 4.90 Å². The number of nitrogens with zero attached hydrogens (tertiary/aromatic N) is 3. The fraction of sp³-hybridized carbons (Fsp3) is 0.600. The van der Waals surface area contributed by atoms with Crippen LogP contribution in [0.4, 0.5) is 5.69 Å². The lowest BCUT2D eigenvalue weighted by Crippen LogP contribution is -2.46. The average Bonchev–Trinajstić information content (AvgIpc) is 2.82. The Labute approximate surface area is 110 Å². The van der Waals surface area contributed by atoms with E-state index < -0.39 is 0 Å². The van der Waals surface area contributed by atoms with Crippen LogP contribution in [0.15, 0.2) is 24.3 Å². The van der Waals surface area contributed by atoms with Crippen LogP contribution in [0.5, 0.6) is 0 Å². The number of likely N-dealkylation sites (N-methyl/N-ethyl adjacent to an activating group) is 1. The molecule has 0 N–H and O–H groups in total. The van der Waals surface area contributed by atoms with E-state index in [2.05, 4.69) is 46.0 Å². The van der Waals surface area contributed by atoms with Gasteiger partial charge in [0.05, 0.1) is 0 Å². The lowest BCUT2D eigenvalue weighted by molar-refractivity contribution is 0.157. The predicted molar refractivity (Wildman–Crippen MR) is 76.3 cm³/mol. The first-order chi connectivity index (χ1) is 8.83. The maximum atomic E-state index is 2.60. The van der Waals surface area contributed by atoms with E-state index in [1.165, 1.54) is 63.5 Å². The largest absolute Gasteiger partial charge is 0.370 e. The summed E-state index contributed by atoms with van der Waals surface area (Å²) >= 11 is 0. The highest BCUT2D eigenvalue weighted by molar-refractivity contribution is 5.57.